The Labute approximate surface area is 122 Å². The molecular formula is C13H11BrN4S. The number of rotatable bonds is 3. The van der Waals surface area contributed by atoms with Crippen LogP contribution in [0, 0.1) is 0 Å². The van der Waals surface area contributed by atoms with Crippen molar-refractivity contribution in [1.29, 1.82) is 0 Å². The first-order valence-corrected chi connectivity index (χ1v) is 7.42. The fourth-order valence-corrected chi connectivity index (χ4v) is 2.76. The molecule has 0 aliphatic carbocycles. The Kier molecular flexibility index (Phi) is 3.35. The third kappa shape index (κ3) is 2.54. The maximum Gasteiger partial charge on any atom is 0.0954 e. The topological polar surface area (TPSA) is 63.8 Å². The molecule has 2 aromatic heterocycles. The van der Waals surface area contributed by atoms with Crippen LogP contribution in [0.4, 0.5) is 11.4 Å². The number of aromatic nitrogens is 2. The number of hydrogen-bond donors (Lipinski definition) is 2. The van der Waals surface area contributed by atoms with Crippen LogP contribution in [0.2, 0.25) is 0 Å². The number of thiazole rings is 1. The number of nitrogens with two attached hydrogens (primary N) is 1. The Morgan fingerprint density at radius 2 is 2.21 bits per heavy atom. The van der Waals surface area contributed by atoms with Gasteiger partial charge in [-0.05, 0) is 34.1 Å². The van der Waals surface area contributed by atoms with Crippen LogP contribution in [0.5, 0.6) is 0 Å². The average molecular weight is 335 g/mol. The zero-order chi connectivity index (χ0) is 13.2. The summed E-state index contributed by atoms with van der Waals surface area (Å²) in [5.41, 5.74) is 11.4. The Balaban J connectivity index is 1.97. The van der Waals surface area contributed by atoms with Crippen molar-refractivity contribution < 1.29 is 0 Å². The van der Waals surface area contributed by atoms with E-state index in [1.165, 1.54) is 0 Å². The normalized spacial score (nSPS) is 10.8. The molecule has 2 heterocycles. The Bertz CT molecular complexity index is 712. The number of hydrogen-bond acceptors (Lipinski definition) is 5. The zero-order valence-electron chi connectivity index (χ0n) is 9.93. The van der Waals surface area contributed by atoms with Crippen LogP contribution in [0.3, 0.4) is 0 Å². The van der Waals surface area contributed by atoms with Crippen LogP contribution in [0.15, 0.2) is 39.8 Å². The molecule has 0 saturated carbocycles. The lowest BCUT2D eigenvalue weighted by Crippen LogP contribution is -2.01. The van der Waals surface area contributed by atoms with Gasteiger partial charge in [-0.15, -0.1) is 11.3 Å². The summed E-state index contributed by atoms with van der Waals surface area (Å²) in [6, 6.07) is 5.82. The summed E-state index contributed by atoms with van der Waals surface area (Å²) in [6.07, 6.45) is 1.77. The van der Waals surface area contributed by atoms with Crippen molar-refractivity contribution in [2.24, 2.45) is 0 Å². The minimum atomic E-state index is 0.681. The second-order valence-corrected chi connectivity index (χ2v) is 5.72. The highest BCUT2D eigenvalue weighted by Gasteiger charge is 2.06. The van der Waals surface area contributed by atoms with Gasteiger partial charge in [0.05, 0.1) is 29.0 Å². The molecule has 0 unspecified atom stereocenters. The van der Waals surface area contributed by atoms with Gasteiger partial charge in [-0.3, -0.25) is 4.98 Å². The molecule has 0 aliphatic rings. The van der Waals surface area contributed by atoms with Gasteiger partial charge in [-0.2, -0.15) is 0 Å². The molecule has 6 heteroatoms. The molecule has 3 rings (SSSR count). The second kappa shape index (κ2) is 5.14. The van der Waals surface area contributed by atoms with Crippen LogP contribution in [0.1, 0.15) is 5.69 Å². The molecule has 4 nitrogen and oxygen atoms in total. The monoisotopic (exact) mass is 334 g/mol. The second-order valence-electron chi connectivity index (χ2n) is 4.09. The van der Waals surface area contributed by atoms with Crippen LogP contribution in [-0.4, -0.2) is 9.97 Å². The van der Waals surface area contributed by atoms with E-state index in [1.807, 2.05) is 29.1 Å². The van der Waals surface area contributed by atoms with E-state index < -0.39 is 0 Å². The maximum atomic E-state index is 5.99. The summed E-state index contributed by atoms with van der Waals surface area (Å²) < 4.78 is 0.920. The predicted molar refractivity (Wildman–Crippen MR) is 83.3 cm³/mol. The summed E-state index contributed by atoms with van der Waals surface area (Å²) in [5, 5.41) is 6.31. The third-order valence-electron chi connectivity index (χ3n) is 2.79. The highest BCUT2D eigenvalue weighted by molar-refractivity contribution is 9.10. The summed E-state index contributed by atoms with van der Waals surface area (Å²) >= 11 is 5.00. The lowest BCUT2D eigenvalue weighted by atomic mass is 10.1. The number of benzene rings is 1. The van der Waals surface area contributed by atoms with E-state index in [4.69, 9.17) is 5.73 Å². The van der Waals surface area contributed by atoms with Crippen molar-refractivity contribution in [3.05, 3.63) is 45.5 Å². The van der Waals surface area contributed by atoms with Crippen molar-refractivity contribution in [1.82, 2.24) is 9.97 Å². The lowest BCUT2D eigenvalue weighted by Gasteiger charge is -2.10. The smallest absolute Gasteiger partial charge is 0.0954 e. The molecule has 0 radical (unpaired) electrons. The standard InChI is InChI=1S/C13H11BrN4S/c14-8-3-10-11(15)1-2-12(13(10)17-4-8)16-5-9-6-19-7-18-9/h1-4,6-7,16H,5,15H2. The molecule has 0 atom stereocenters. The van der Waals surface area contributed by atoms with E-state index in [0.717, 1.165) is 32.4 Å². The van der Waals surface area contributed by atoms with E-state index in [1.54, 1.807) is 17.5 Å². The first-order valence-electron chi connectivity index (χ1n) is 5.69. The molecule has 0 spiro atoms. The van der Waals surface area contributed by atoms with Crippen LogP contribution >= 0.6 is 27.3 Å². The van der Waals surface area contributed by atoms with Crippen LogP contribution in [-0.2, 0) is 6.54 Å². The minimum absolute atomic E-state index is 0.681. The number of anilines is 2. The van der Waals surface area contributed by atoms with Crippen LogP contribution < -0.4 is 11.1 Å². The van der Waals surface area contributed by atoms with E-state index in [0.29, 0.717) is 6.54 Å². The van der Waals surface area contributed by atoms with Gasteiger partial charge in [0, 0.05) is 27.1 Å². The molecule has 3 N–H and O–H groups in total. The van der Waals surface area contributed by atoms with Crippen molar-refractivity contribution in [3.8, 4) is 0 Å². The molecule has 3 aromatic rings. The summed E-state index contributed by atoms with van der Waals surface area (Å²) in [5.74, 6) is 0. The fraction of sp³-hybridized carbons (Fsp3) is 0.0769. The summed E-state index contributed by atoms with van der Waals surface area (Å²) in [4.78, 5) is 8.68. The molecule has 0 bridgehead atoms. The zero-order valence-corrected chi connectivity index (χ0v) is 12.3. The number of nitrogens with one attached hydrogen (secondary N) is 1. The SMILES string of the molecule is Nc1ccc(NCc2cscn2)c2ncc(Br)cc12. The van der Waals surface area contributed by atoms with Crippen LogP contribution in [0.25, 0.3) is 10.9 Å². The van der Waals surface area contributed by atoms with E-state index in [2.05, 4.69) is 31.2 Å². The van der Waals surface area contributed by atoms with Gasteiger partial charge in [0.25, 0.3) is 0 Å². The molecule has 0 saturated heterocycles. The van der Waals surface area contributed by atoms with Crippen molar-refractivity contribution >= 4 is 49.5 Å². The first-order chi connectivity index (χ1) is 9.24. The van der Waals surface area contributed by atoms with Gasteiger partial charge in [-0.1, -0.05) is 0 Å². The first kappa shape index (κ1) is 12.4. The highest BCUT2D eigenvalue weighted by atomic mass is 79.9. The molecular weight excluding hydrogens is 324 g/mol. The number of fused-ring (bicyclic) bond motifs is 1. The number of pyridine rings is 1. The summed E-state index contributed by atoms with van der Waals surface area (Å²) in [6.45, 7) is 0.681. The van der Waals surface area contributed by atoms with Gasteiger partial charge in [0.2, 0.25) is 0 Å². The lowest BCUT2D eigenvalue weighted by molar-refractivity contribution is 1.08. The number of nitrogens with zero attached hydrogens (tertiary/aromatic N) is 2. The third-order valence-corrected chi connectivity index (χ3v) is 3.86. The molecule has 19 heavy (non-hydrogen) atoms. The molecule has 0 aliphatic heterocycles. The van der Waals surface area contributed by atoms with Gasteiger partial charge in [0.15, 0.2) is 0 Å². The molecule has 0 fully saturated rings. The number of halogens is 1. The van der Waals surface area contributed by atoms with Gasteiger partial charge >= 0.3 is 0 Å². The molecule has 96 valence electrons. The quantitative estimate of drug-likeness (QED) is 0.717. The van der Waals surface area contributed by atoms with E-state index in [9.17, 15) is 0 Å². The van der Waals surface area contributed by atoms with Crippen molar-refractivity contribution in [3.63, 3.8) is 0 Å². The Morgan fingerprint density at radius 3 is 3.00 bits per heavy atom. The number of nitrogen functional groups attached to an aromatic ring is 1. The van der Waals surface area contributed by atoms with Gasteiger partial charge in [-0.25, -0.2) is 4.98 Å². The largest absolute Gasteiger partial charge is 0.398 e. The minimum Gasteiger partial charge on any atom is -0.398 e. The Hall–Kier alpha value is -1.66. The molecule has 0 amide bonds. The van der Waals surface area contributed by atoms with Crippen molar-refractivity contribution in [2.75, 3.05) is 11.1 Å². The summed E-state index contributed by atoms with van der Waals surface area (Å²) in [7, 11) is 0. The predicted octanol–water partition coefficient (Wildman–Crippen LogP) is 3.65. The highest BCUT2D eigenvalue weighted by Crippen LogP contribution is 2.29. The van der Waals surface area contributed by atoms with Gasteiger partial charge in [0.1, 0.15) is 0 Å². The maximum absolute atomic E-state index is 5.99. The van der Waals surface area contributed by atoms with Gasteiger partial charge < -0.3 is 11.1 Å². The fourth-order valence-electron chi connectivity index (χ4n) is 1.87. The average Bonchev–Trinajstić information content (AvgIpc) is 2.92. The van der Waals surface area contributed by atoms with Crippen molar-refractivity contribution in [2.45, 2.75) is 6.54 Å². The van der Waals surface area contributed by atoms with E-state index in [-0.39, 0.29) is 0 Å². The molecule has 1 aromatic carbocycles. The Morgan fingerprint density at radius 1 is 1.32 bits per heavy atom. The van der Waals surface area contributed by atoms with E-state index >= 15 is 0 Å².